The molecule has 0 unspecified atom stereocenters. The summed E-state index contributed by atoms with van der Waals surface area (Å²) in [6.07, 6.45) is 3.22. The molecule has 1 heterocycles. The predicted octanol–water partition coefficient (Wildman–Crippen LogP) is 3.93. The van der Waals surface area contributed by atoms with Gasteiger partial charge in [-0.2, -0.15) is 0 Å². The lowest BCUT2D eigenvalue weighted by molar-refractivity contribution is 0.0570. The van der Waals surface area contributed by atoms with Crippen molar-refractivity contribution in [1.29, 1.82) is 0 Å². The Hall–Kier alpha value is -1.77. The second-order valence-electron chi connectivity index (χ2n) is 5.86. The summed E-state index contributed by atoms with van der Waals surface area (Å²) in [5.74, 6) is 0. The minimum atomic E-state index is -0.479. The smallest absolute Gasteiger partial charge is 0.415 e. The Morgan fingerprint density at radius 2 is 2.16 bits per heavy atom. The molecule has 0 N–H and O–H groups in total. The van der Waals surface area contributed by atoms with Crippen molar-refractivity contribution in [3.8, 4) is 0 Å². The third-order valence-corrected chi connectivity index (χ3v) is 3.10. The third kappa shape index (κ3) is 2.98. The van der Waals surface area contributed by atoms with E-state index in [1.165, 1.54) is 5.56 Å². The van der Waals surface area contributed by atoms with Crippen molar-refractivity contribution in [3.05, 3.63) is 42.5 Å². The van der Waals surface area contributed by atoms with Crippen LogP contribution < -0.4 is 4.90 Å². The number of ether oxygens (including phenoxy) is 1. The van der Waals surface area contributed by atoms with Crippen LogP contribution in [-0.2, 0) is 11.2 Å². The summed E-state index contributed by atoms with van der Waals surface area (Å²) in [6.45, 7) is 9.43. The van der Waals surface area contributed by atoms with Crippen molar-refractivity contribution in [2.45, 2.75) is 45.3 Å². The molecule has 0 spiro atoms. The van der Waals surface area contributed by atoms with Gasteiger partial charge in [0.25, 0.3) is 0 Å². The molecule has 0 bridgehead atoms. The van der Waals surface area contributed by atoms with Crippen LogP contribution in [0.4, 0.5) is 10.5 Å². The zero-order valence-electron chi connectivity index (χ0n) is 11.8. The summed E-state index contributed by atoms with van der Waals surface area (Å²) < 4.78 is 5.51. The van der Waals surface area contributed by atoms with Crippen LogP contribution in [0.1, 0.15) is 32.8 Å². The molecule has 0 saturated heterocycles. The molecule has 1 aromatic carbocycles. The highest BCUT2D eigenvalue weighted by atomic mass is 16.6. The van der Waals surface area contributed by atoms with Gasteiger partial charge in [0.05, 0.1) is 5.69 Å². The summed E-state index contributed by atoms with van der Waals surface area (Å²) in [5.41, 5.74) is 1.68. The van der Waals surface area contributed by atoms with Gasteiger partial charge < -0.3 is 4.74 Å². The van der Waals surface area contributed by atoms with Crippen LogP contribution in [0.5, 0.6) is 0 Å². The lowest BCUT2D eigenvalue weighted by atomic mass is 10.1. The zero-order valence-corrected chi connectivity index (χ0v) is 11.8. The fraction of sp³-hybridized carbons (Fsp3) is 0.438. The number of hydrogen-bond donors (Lipinski definition) is 0. The van der Waals surface area contributed by atoms with E-state index >= 15 is 0 Å². The molecule has 3 heteroatoms. The topological polar surface area (TPSA) is 29.5 Å². The average Bonchev–Trinajstić information content (AvgIpc) is 2.65. The van der Waals surface area contributed by atoms with Crippen molar-refractivity contribution in [2.75, 3.05) is 4.90 Å². The first-order chi connectivity index (χ1) is 8.92. The van der Waals surface area contributed by atoms with E-state index in [0.29, 0.717) is 0 Å². The molecule has 1 atom stereocenters. The molecule has 1 amide bonds. The van der Waals surface area contributed by atoms with Gasteiger partial charge in [-0.25, -0.2) is 4.79 Å². The number of carbonyl (C=O) groups is 1. The van der Waals surface area contributed by atoms with Gasteiger partial charge in [0.2, 0.25) is 0 Å². The van der Waals surface area contributed by atoms with E-state index < -0.39 is 5.60 Å². The van der Waals surface area contributed by atoms with Crippen LogP contribution in [0.15, 0.2) is 36.9 Å². The largest absolute Gasteiger partial charge is 0.443 e. The molecule has 102 valence electrons. The Kier molecular flexibility index (Phi) is 3.65. The van der Waals surface area contributed by atoms with Crippen molar-refractivity contribution >= 4 is 11.8 Å². The van der Waals surface area contributed by atoms with Crippen molar-refractivity contribution in [1.82, 2.24) is 0 Å². The number of hydrogen-bond acceptors (Lipinski definition) is 2. The normalized spacial score (nSPS) is 18.1. The fourth-order valence-electron chi connectivity index (χ4n) is 2.40. The minimum absolute atomic E-state index is 0.116. The first-order valence-electron chi connectivity index (χ1n) is 6.63. The van der Waals surface area contributed by atoms with E-state index in [1.807, 2.05) is 45.0 Å². The first-order valence-corrected chi connectivity index (χ1v) is 6.63. The zero-order chi connectivity index (χ0) is 14.0. The van der Waals surface area contributed by atoms with Crippen LogP contribution in [0, 0.1) is 0 Å². The van der Waals surface area contributed by atoms with Gasteiger partial charge in [-0.1, -0.05) is 24.3 Å². The van der Waals surface area contributed by atoms with Crippen molar-refractivity contribution < 1.29 is 9.53 Å². The third-order valence-electron chi connectivity index (χ3n) is 3.10. The molecule has 2 rings (SSSR count). The van der Waals surface area contributed by atoms with Gasteiger partial charge >= 0.3 is 6.09 Å². The monoisotopic (exact) mass is 259 g/mol. The summed E-state index contributed by atoms with van der Waals surface area (Å²) >= 11 is 0. The Labute approximate surface area is 114 Å². The number of anilines is 1. The Bertz CT molecular complexity index is 488. The summed E-state index contributed by atoms with van der Waals surface area (Å²) in [6, 6.07) is 8.11. The molecule has 3 nitrogen and oxygen atoms in total. The number of fused-ring (bicyclic) bond motifs is 1. The van der Waals surface area contributed by atoms with Gasteiger partial charge in [-0.3, -0.25) is 4.90 Å². The maximum atomic E-state index is 12.4. The molecule has 19 heavy (non-hydrogen) atoms. The summed E-state index contributed by atoms with van der Waals surface area (Å²) in [5, 5.41) is 0. The standard InChI is InChI=1S/C16H21NO2/c1-5-8-13-11-12-9-6-7-10-14(12)17(13)15(18)19-16(2,3)4/h5-7,9-10,13H,1,8,11H2,2-4H3/t13-/m0/s1. The van der Waals surface area contributed by atoms with Crippen LogP contribution in [0.2, 0.25) is 0 Å². The maximum Gasteiger partial charge on any atom is 0.415 e. The lowest BCUT2D eigenvalue weighted by Gasteiger charge is -2.28. The highest BCUT2D eigenvalue weighted by Crippen LogP contribution is 2.34. The molecular formula is C16H21NO2. The molecule has 0 aliphatic carbocycles. The van der Waals surface area contributed by atoms with E-state index in [0.717, 1.165) is 18.5 Å². The van der Waals surface area contributed by atoms with E-state index in [-0.39, 0.29) is 12.1 Å². The van der Waals surface area contributed by atoms with Crippen LogP contribution >= 0.6 is 0 Å². The van der Waals surface area contributed by atoms with E-state index in [1.54, 1.807) is 4.90 Å². The predicted molar refractivity (Wildman–Crippen MR) is 77.5 cm³/mol. The average molecular weight is 259 g/mol. The number of benzene rings is 1. The van der Waals surface area contributed by atoms with Crippen LogP contribution in [0.25, 0.3) is 0 Å². The molecule has 1 aliphatic rings. The van der Waals surface area contributed by atoms with Crippen LogP contribution in [0.3, 0.4) is 0 Å². The molecule has 1 aromatic rings. The highest BCUT2D eigenvalue weighted by Gasteiger charge is 2.35. The number of para-hydroxylation sites is 1. The van der Waals surface area contributed by atoms with Gasteiger partial charge in [0.15, 0.2) is 0 Å². The SMILES string of the molecule is C=CC[C@H]1Cc2ccccc2N1C(=O)OC(C)(C)C. The molecular weight excluding hydrogens is 238 g/mol. The first kappa shape index (κ1) is 13.7. The molecule has 0 radical (unpaired) electrons. The lowest BCUT2D eigenvalue weighted by Crippen LogP contribution is -2.41. The Morgan fingerprint density at radius 1 is 1.47 bits per heavy atom. The summed E-state index contributed by atoms with van der Waals surface area (Å²) in [4.78, 5) is 14.1. The molecule has 0 fully saturated rings. The van der Waals surface area contributed by atoms with E-state index in [9.17, 15) is 4.79 Å². The quantitative estimate of drug-likeness (QED) is 0.753. The van der Waals surface area contributed by atoms with Gasteiger partial charge in [-0.15, -0.1) is 6.58 Å². The van der Waals surface area contributed by atoms with Crippen molar-refractivity contribution in [2.24, 2.45) is 0 Å². The maximum absolute atomic E-state index is 12.4. The van der Waals surface area contributed by atoms with Gasteiger partial charge in [0.1, 0.15) is 5.60 Å². The fourth-order valence-corrected chi connectivity index (χ4v) is 2.40. The van der Waals surface area contributed by atoms with E-state index in [2.05, 4.69) is 12.6 Å². The number of rotatable bonds is 2. The summed E-state index contributed by atoms with van der Waals surface area (Å²) in [7, 11) is 0. The van der Waals surface area contributed by atoms with Gasteiger partial charge in [0, 0.05) is 6.04 Å². The van der Waals surface area contributed by atoms with Crippen LogP contribution in [-0.4, -0.2) is 17.7 Å². The second-order valence-corrected chi connectivity index (χ2v) is 5.86. The molecule has 0 aromatic heterocycles. The van der Waals surface area contributed by atoms with E-state index in [4.69, 9.17) is 4.74 Å². The van der Waals surface area contributed by atoms with Crippen molar-refractivity contribution in [3.63, 3.8) is 0 Å². The number of amides is 1. The number of nitrogens with zero attached hydrogens (tertiary/aromatic N) is 1. The molecule has 1 aliphatic heterocycles. The Morgan fingerprint density at radius 3 is 2.79 bits per heavy atom. The molecule has 0 saturated carbocycles. The Balaban J connectivity index is 2.28. The van der Waals surface area contributed by atoms with Gasteiger partial charge in [-0.05, 0) is 45.2 Å². The minimum Gasteiger partial charge on any atom is -0.443 e. The second kappa shape index (κ2) is 5.08. The highest BCUT2D eigenvalue weighted by molar-refractivity contribution is 5.91. The number of carbonyl (C=O) groups excluding carboxylic acids is 1.